The fourth-order valence-electron chi connectivity index (χ4n) is 6.67. The molecule has 41 heavy (non-hydrogen) atoms. The van der Waals surface area contributed by atoms with Crippen LogP contribution in [0.4, 0.5) is 10.5 Å². The van der Waals surface area contributed by atoms with Crippen LogP contribution in [-0.2, 0) is 22.6 Å². The van der Waals surface area contributed by atoms with Gasteiger partial charge in [0.05, 0.1) is 19.9 Å². The summed E-state index contributed by atoms with van der Waals surface area (Å²) in [5.41, 5.74) is 0.399. The Morgan fingerprint density at radius 1 is 0.878 bits per heavy atom. The zero-order chi connectivity index (χ0) is 28.7. The van der Waals surface area contributed by atoms with Crippen molar-refractivity contribution >= 4 is 23.5 Å². The van der Waals surface area contributed by atoms with Crippen LogP contribution in [0.5, 0.6) is 11.5 Å². The molecule has 4 heterocycles. The lowest BCUT2D eigenvalue weighted by Gasteiger charge is -2.47. The minimum absolute atomic E-state index is 0.00576. The standard InChI is InChI=1S/C31H32N4O6/c1-40-24-12-10-23(11-13-24)35-29(38)31(28(37)32-30(35)39,15-21-6-3-4-8-26(21)41-2)19-33-16-20-14-22(18-33)25-7-5-9-27(36)34(25)17-20/h3-13,20,22H,14-19H2,1-2H3,(H,32,37,39)/t20?,22-,31?/m1/s1. The van der Waals surface area contributed by atoms with Crippen molar-refractivity contribution in [1.29, 1.82) is 0 Å². The van der Waals surface area contributed by atoms with Crippen LogP contribution in [0, 0.1) is 11.3 Å². The first-order chi connectivity index (χ1) is 19.8. The van der Waals surface area contributed by atoms with Crippen molar-refractivity contribution in [2.45, 2.75) is 25.3 Å². The maximum Gasteiger partial charge on any atom is 0.335 e. The van der Waals surface area contributed by atoms with Gasteiger partial charge in [0, 0.05) is 50.3 Å². The number of urea groups is 1. The van der Waals surface area contributed by atoms with Crippen molar-refractivity contribution in [2.75, 3.05) is 38.8 Å². The van der Waals surface area contributed by atoms with E-state index in [-0.39, 0.29) is 30.4 Å². The first kappa shape index (κ1) is 26.8. The van der Waals surface area contributed by atoms with Gasteiger partial charge in [-0.3, -0.25) is 19.7 Å². The van der Waals surface area contributed by atoms with E-state index in [1.165, 1.54) is 7.11 Å². The number of likely N-dealkylation sites (tertiary alicyclic amines) is 1. The number of barbiturate groups is 1. The Kier molecular flexibility index (Phi) is 6.86. The Morgan fingerprint density at radius 2 is 1.66 bits per heavy atom. The van der Waals surface area contributed by atoms with Crippen LogP contribution >= 0.6 is 0 Å². The molecule has 2 saturated heterocycles. The summed E-state index contributed by atoms with van der Waals surface area (Å²) in [4.78, 5) is 57.2. The Morgan fingerprint density at radius 3 is 2.41 bits per heavy atom. The summed E-state index contributed by atoms with van der Waals surface area (Å²) in [7, 11) is 3.08. The molecular formula is C31H32N4O6. The van der Waals surface area contributed by atoms with Crippen LogP contribution in [0.15, 0.2) is 71.5 Å². The Labute approximate surface area is 237 Å². The Hall–Kier alpha value is -4.44. The average Bonchev–Trinajstić information content (AvgIpc) is 2.97. The van der Waals surface area contributed by atoms with E-state index in [0.717, 1.165) is 17.0 Å². The number of benzene rings is 2. The van der Waals surface area contributed by atoms with E-state index in [1.54, 1.807) is 49.6 Å². The number of nitrogens with zero attached hydrogens (tertiary/aromatic N) is 3. The molecule has 3 aliphatic heterocycles. The second-order valence-electron chi connectivity index (χ2n) is 11.1. The number of piperidine rings is 1. The highest BCUT2D eigenvalue weighted by Crippen LogP contribution is 2.40. The highest BCUT2D eigenvalue weighted by molar-refractivity contribution is 6.30. The maximum absolute atomic E-state index is 14.5. The van der Waals surface area contributed by atoms with Crippen LogP contribution in [0.2, 0.25) is 0 Å². The number of anilines is 1. The van der Waals surface area contributed by atoms with Gasteiger partial charge >= 0.3 is 6.03 Å². The molecule has 0 spiro atoms. The minimum atomic E-state index is -1.61. The van der Waals surface area contributed by atoms with E-state index in [2.05, 4.69) is 10.2 Å². The molecule has 2 aromatic carbocycles. The first-order valence-electron chi connectivity index (χ1n) is 13.7. The molecule has 10 heteroatoms. The van der Waals surface area contributed by atoms with Gasteiger partial charge in [-0.05, 0) is 54.3 Å². The fourth-order valence-corrected chi connectivity index (χ4v) is 6.67. The molecule has 3 aromatic rings. The van der Waals surface area contributed by atoms with Crippen molar-refractivity contribution < 1.29 is 23.9 Å². The number of rotatable bonds is 7. The highest BCUT2D eigenvalue weighted by atomic mass is 16.5. The predicted octanol–water partition coefficient (Wildman–Crippen LogP) is 2.80. The molecule has 0 radical (unpaired) electrons. The SMILES string of the molecule is COc1ccc(N2C(=O)NC(=O)C(Cc3ccccc3OC)(CN3CC4C[C@H](C3)c3cccc(=O)n3C4)C2=O)cc1. The molecule has 2 unspecified atom stereocenters. The number of carbonyl (C=O) groups is 3. The summed E-state index contributed by atoms with van der Waals surface area (Å²) >= 11 is 0. The quantitative estimate of drug-likeness (QED) is 0.446. The molecule has 1 aromatic heterocycles. The van der Waals surface area contributed by atoms with Crippen molar-refractivity contribution in [1.82, 2.24) is 14.8 Å². The number of nitrogens with one attached hydrogen (secondary N) is 1. The zero-order valence-electron chi connectivity index (χ0n) is 23.0. The third kappa shape index (κ3) is 4.67. The maximum atomic E-state index is 14.5. The van der Waals surface area contributed by atoms with Crippen LogP contribution < -0.4 is 25.2 Å². The summed E-state index contributed by atoms with van der Waals surface area (Å²) in [6.07, 6.45) is 0.986. The van der Waals surface area contributed by atoms with Crippen molar-refractivity contribution in [3.8, 4) is 11.5 Å². The minimum Gasteiger partial charge on any atom is -0.497 e. The van der Waals surface area contributed by atoms with Gasteiger partial charge in [0.1, 0.15) is 16.9 Å². The normalized spacial score (nSPS) is 24.0. The predicted molar refractivity (Wildman–Crippen MR) is 151 cm³/mol. The molecule has 6 rings (SSSR count). The summed E-state index contributed by atoms with van der Waals surface area (Å²) in [5, 5.41) is 2.48. The number of imide groups is 2. The van der Waals surface area contributed by atoms with E-state index in [1.807, 2.05) is 28.8 Å². The number of hydrogen-bond acceptors (Lipinski definition) is 7. The average molecular weight is 557 g/mol. The third-order valence-corrected chi connectivity index (χ3v) is 8.53. The second kappa shape index (κ2) is 10.5. The van der Waals surface area contributed by atoms with Gasteiger partial charge in [0.25, 0.3) is 11.5 Å². The number of pyridine rings is 1. The number of carbonyl (C=O) groups excluding carboxylic acids is 3. The van der Waals surface area contributed by atoms with E-state index in [9.17, 15) is 19.2 Å². The number of amides is 4. The van der Waals surface area contributed by atoms with Crippen LogP contribution in [0.25, 0.3) is 0 Å². The van der Waals surface area contributed by atoms with Crippen molar-refractivity contribution in [2.24, 2.45) is 11.3 Å². The lowest BCUT2D eigenvalue weighted by Crippen LogP contribution is -2.68. The molecule has 212 valence electrons. The third-order valence-electron chi connectivity index (χ3n) is 8.53. The highest BCUT2D eigenvalue weighted by Gasteiger charge is 2.56. The monoisotopic (exact) mass is 556 g/mol. The number of fused-ring (bicyclic) bond motifs is 4. The second-order valence-corrected chi connectivity index (χ2v) is 11.1. The number of ether oxygens (including phenoxy) is 2. The van der Waals surface area contributed by atoms with Gasteiger partial charge in [0.15, 0.2) is 0 Å². The van der Waals surface area contributed by atoms with E-state index in [4.69, 9.17) is 9.47 Å². The van der Waals surface area contributed by atoms with Gasteiger partial charge in [0.2, 0.25) is 5.91 Å². The van der Waals surface area contributed by atoms with Crippen LogP contribution in [0.3, 0.4) is 0 Å². The zero-order valence-corrected chi connectivity index (χ0v) is 23.0. The molecule has 3 aliphatic rings. The summed E-state index contributed by atoms with van der Waals surface area (Å²) < 4.78 is 12.7. The number of methoxy groups -OCH3 is 2. The molecule has 1 N–H and O–H groups in total. The van der Waals surface area contributed by atoms with E-state index in [0.29, 0.717) is 42.4 Å². The van der Waals surface area contributed by atoms with Crippen LogP contribution in [0.1, 0.15) is 23.6 Å². The van der Waals surface area contributed by atoms with Gasteiger partial charge in [-0.25, -0.2) is 9.69 Å². The Bertz CT molecular complexity index is 1570. The van der Waals surface area contributed by atoms with Crippen molar-refractivity contribution in [3.05, 3.63) is 88.3 Å². The van der Waals surface area contributed by atoms with Crippen LogP contribution in [-0.4, -0.2) is 61.2 Å². The molecule has 0 aliphatic carbocycles. The molecule has 3 atom stereocenters. The fraction of sp³-hybridized carbons (Fsp3) is 0.355. The van der Waals surface area contributed by atoms with Gasteiger partial charge in [-0.1, -0.05) is 24.3 Å². The molecule has 0 saturated carbocycles. The Balaban J connectivity index is 1.39. The molecule has 10 nitrogen and oxygen atoms in total. The van der Waals surface area contributed by atoms with Crippen molar-refractivity contribution in [3.63, 3.8) is 0 Å². The van der Waals surface area contributed by atoms with Gasteiger partial charge in [-0.2, -0.15) is 0 Å². The molecule has 2 bridgehead atoms. The summed E-state index contributed by atoms with van der Waals surface area (Å²) in [6, 6.07) is 18.4. The molecular weight excluding hydrogens is 524 g/mol. The number of hydrogen-bond donors (Lipinski definition) is 1. The van der Waals surface area contributed by atoms with E-state index >= 15 is 0 Å². The first-order valence-corrected chi connectivity index (χ1v) is 13.7. The lowest BCUT2D eigenvalue weighted by molar-refractivity contribution is -0.144. The van der Waals surface area contributed by atoms with Gasteiger partial charge in [-0.15, -0.1) is 0 Å². The summed E-state index contributed by atoms with van der Waals surface area (Å²) in [5.74, 6) is 0.218. The number of aromatic nitrogens is 1. The molecule has 4 amide bonds. The summed E-state index contributed by atoms with van der Waals surface area (Å²) in [6.45, 7) is 1.92. The largest absolute Gasteiger partial charge is 0.497 e. The molecule has 2 fully saturated rings. The van der Waals surface area contributed by atoms with Gasteiger partial charge < -0.3 is 18.9 Å². The topological polar surface area (TPSA) is 110 Å². The smallest absolute Gasteiger partial charge is 0.335 e. The van der Waals surface area contributed by atoms with E-state index < -0.39 is 23.3 Å². The number of para-hydroxylation sites is 1. The lowest BCUT2D eigenvalue weighted by atomic mass is 9.75.